The van der Waals surface area contributed by atoms with E-state index in [1.54, 1.807) is 26.2 Å². The van der Waals surface area contributed by atoms with Crippen LogP contribution >= 0.6 is 0 Å². The molecule has 39 heavy (non-hydrogen) atoms. The number of imidazole rings is 1. The van der Waals surface area contributed by atoms with Crippen molar-refractivity contribution in [1.82, 2.24) is 23.8 Å². The highest BCUT2D eigenvalue weighted by molar-refractivity contribution is 7.90. The third-order valence-corrected chi connectivity index (χ3v) is 8.76. The van der Waals surface area contributed by atoms with Crippen molar-refractivity contribution in [3.63, 3.8) is 0 Å². The molecule has 1 aliphatic carbocycles. The molecule has 5 rings (SSSR count). The Kier molecular flexibility index (Phi) is 7.39. The monoisotopic (exact) mass is 551 g/mol. The molecule has 208 valence electrons. The third-order valence-electron chi connectivity index (χ3n) is 7.08. The van der Waals surface area contributed by atoms with Gasteiger partial charge in [-0.3, -0.25) is 0 Å². The molecule has 0 spiro atoms. The molecule has 0 saturated heterocycles. The SMILES string of the molecule is CCOC(=O)c1cc(OC)c2c(c1)nc(-c1cc3ccc([C@@H](C)N[S+]([O-])C(C)(C)C)nc3n1CC1CC1)n2C. The zero-order chi connectivity index (χ0) is 28.1. The fourth-order valence-corrected chi connectivity index (χ4v) is 5.53. The number of carbonyl (C=O) groups excluding carboxylic acids is 1. The molecule has 1 unspecified atom stereocenters. The number of aryl methyl sites for hydroxylation is 1. The Bertz CT molecular complexity index is 1530. The lowest BCUT2D eigenvalue weighted by molar-refractivity contribution is 0.0526. The molecule has 1 saturated carbocycles. The van der Waals surface area contributed by atoms with Gasteiger partial charge in [-0.25, -0.2) is 14.8 Å². The zero-order valence-corrected chi connectivity index (χ0v) is 24.5. The van der Waals surface area contributed by atoms with Gasteiger partial charge in [-0.2, -0.15) is 0 Å². The van der Waals surface area contributed by atoms with E-state index >= 15 is 0 Å². The molecule has 1 aromatic carbocycles. The number of nitrogens with one attached hydrogen (secondary N) is 1. The summed E-state index contributed by atoms with van der Waals surface area (Å²) in [4.78, 5) is 22.5. The Hall–Kier alpha value is -3.08. The highest BCUT2D eigenvalue weighted by atomic mass is 32.2. The van der Waals surface area contributed by atoms with Crippen molar-refractivity contribution in [2.24, 2.45) is 13.0 Å². The van der Waals surface area contributed by atoms with Crippen LogP contribution in [0.3, 0.4) is 0 Å². The number of rotatable bonds is 9. The van der Waals surface area contributed by atoms with Crippen LogP contribution in [0.25, 0.3) is 33.6 Å². The number of hydrogen-bond donors (Lipinski definition) is 1. The minimum Gasteiger partial charge on any atom is -0.598 e. The van der Waals surface area contributed by atoms with E-state index in [4.69, 9.17) is 19.4 Å². The van der Waals surface area contributed by atoms with E-state index in [2.05, 4.69) is 21.4 Å². The molecule has 1 aliphatic rings. The fraction of sp³-hybridized carbons (Fsp3) is 0.483. The highest BCUT2D eigenvalue weighted by Gasteiger charge is 2.30. The number of methoxy groups -OCH3 is 1. The summed E-state index contributed by atoms with van der Waals surface area (Å²) in [6, 6.07) is 9.48. The normalized spacial score (nSPS) is 15.6. The second kappa shape index (κ2) is 10.5. The molecule has 0 aliphatic heterocycles. The average molecular weight is 552 g/mol. The number of aromatic nitrogens is 4. The molecule has 1 fully saturated rings. The lowest BCUT2D eigenvalue weighted by Crippen LogP contribution is -2.40. The van der Waals surface area contributed by atoms with E-state index in [0.717, 1.165) is 40.3 Å². The van der Waals surface area contributed by atoms with Crippen molar-refractivity contribution in [3.05, 3.63) is 41.6 Å². The van der Waals surface area contributed by atoms with E-state index in [0.29, 0.717) is 29.4 Å². The maximum Gasteiger partial charge on any atom is 0.338 e. The molecule has 10 heteroatoms. The van der Waals surface area contributed by atoms with E-state index in [1.165, 1.54) is 12.8 Å². The molecule has 3 heterocycles. The molecule has 3 aromatic heterocycles. The van der Waals surface area contributed by atoms with E-state index in [9.17, 15) is 9.35 Å². The summed E-state index contributed by atoms with van der Waals surface area (Å²) in [5, 5.41) is 1.02. The van der Waals surface area contributed by atoms with Crippen molar-refractivity contribution in [3.8, 4) is 17.3 Å². The fourth-order valence-electron chi connectivity index (χ4n) is 4.74. The number of carbonyl (C=O) groups is 1. The lowest BCUT2D eigenvalue weighted by atomic mass is 10.2. The van der Waals surface area contributed by atoms with Gasteiger partial charge in [0.25, 0.3) is 0 Å². The second-order valence-corrected chi connectivity index (χ2v) is 13.2. The minimum absolute atomic E-state index is 0.177. The maximum atomic E-state index is 12.7. The van der Waals surface area contributed by atoms with Crippen LogP contribution in [-0.2, 0) is 29.7 Å². The summed E-state index contributed by atoms with van der Waals surface area (Å²) in [7, 11) is 3.55. The van der Waals surface area contributed by atoms with Crippen molar-refractivity contribution in [1.29, 1.82) is 0 Å². The molecular weight excluding hydrogens is 514 g/mol. The Morgan fingerprint density at radius 1 is 1.23 bits per heavy atom. The first-order chi connectivity index (χ1) is 18.5. The average Bonchev–Trinajstić information content (AvgIpc) is 3.56. The van der Waals surface area contributed by atoms with Crippen molar-refractivity contribution < 1.29 is 18.8 Å². The molecule has 0 bridgehead atoms. The summed E-state index contributed by atoms with van der Waals surface area (Å²) in [6.07, 6.45) is 2.39. The second-order valence-electron chi connectivity index (χ2n) is 11.2. The van der Waals surface area contributed by atoms with Crippen LogP contribution < -0.4 is 9.46 Å². The van der Waals surface area contributed by atoms with E-state index in [1.807, 2.05) is 45.4 Å². The van der Waals surface area contributed by atoms with Crippen LogP contribution in [0.15, 0.2) is 30.3 Å². The predicted molar refractivity (Wildman–Crippen MR) is 154 cm³/mol. The summed E-state index contributed by atoms with van der Waals surface area (Å²) in [5.74, 6) is 1.53. The van der Waals surface area contributed by atoms with E-state index < -0.39 is 17.3 Å². The summed E-state index contributed by atoms with van der Waals surface area (Å²) < 4.78 is 30.7. The van der Waals surface area contributed by atoms with Gasteiger partial charge in [0.05, 0.1) is 42.2 Å². The van der Waals surface area contributed by atoms with Gasteiger partial charge in [0.2, 0.25) is 0 Å². The maximum absolute atomic E-state index is 12.7. The molecule has 4 aromatic rings. The van der Waals surface area contributed by atoms with Gasteiger partial charge < -0.3 is 23.2 Å². The standard InChI is InChI=1S/C29H37N5O4S/c1-8-38-28(35)20-13-22-25(24(15-20)37-7)33(6)27(31-22)23-14-19-11-12-21(17(2)32-39(36)29(3,4)5)30-26(19)34(23)16-18-9-10-18/h11-15,17-18,32H,8-10,16H2,1-7H3/t17-,39?/m1/s1. The van der Waals surface area contributed by atoms with Crippen molar-refractivity contribution in [2.45, 2.75) is 64.8 Å². The number of hydrogen-bond acceptors (Lipinski definition) is 7. The van der Waals surface area contributed by atoms with Crippen LogP contribution in [0.2, 0.25) is 0 Å². The summed E-state index contributed by atoms with van der Waals surface area (Å²) in [5.41, 5.74) is 4.56. The first-order valence-corrected chi connectivity index (χ1v) is 14.6. The van der Waals surface area contributed by atoms with Crippen LogP contribution in [0.1, 0.15) is 69.6 Å². The van der Waals surface area contributed by atoms with Gasteiger partial charge in [-0.15, -0.1) is 4.72 Å². The van der Waals surface area contributed by atoms with Crippen molar-refractivity contribution >= 4 is 39.4 Å². The number of nitrogens with zero attached hydrogens (tertiary/aromatic N) is 4. The minimum atomic E-state index is -1.21. The number of pyridine rings is 1. The van der Waals surface area contributed by atoms with Crippen LogP contribution in [0.4, 0.5) is 0 Å². The smallest absolute Gasteiger partial charge is 0.338 e. The van der Waals surface area contributed by atoms with Crippen LogP contribution in [0, 0.1) is 5.92 Å². The molecule has 0 radical (unpaired) electrons. The Morgan fingerprint density at radius 2 is 1.97 bits per heavy atom. The molecule has 9 nitrogen and oxygen atoms in total. The molecular formula is C29H37N5O4S. The molecule has 1 N–H and O–H groups in total. The Morgan fingerprint density at radius 3 is 2.62 bits per heavy atom. The quantitative estimate of drug-likeness (QED) is 0.222. The predicted octanol–water partition coefficient (Wildman–Crippen LogP) is 5.30. The van der Waals surface area contributed by atoms with E-state index in [-0.39, 0.29) is 10.8 Å². The Balaban J connectivity index is 1.62. The zero-order valence-electron chi connectivity index (χ0n) is 23.7. The van der Waals surface area contributed by atoms with Gasteiger partial charge in [0.1, 0.15) is 21.7 Å². The van der Waals surface area contributed by atoms with Gasteiger partial charge in [-0.1, -0.05) is 0 Å². The lowest BCUT2D eigenvalue weighted by Gasteiger charge is -2.26. The van der Waals surface area contributed by atoms with Gasteiger partial charge in [0, 0.05) is 30.3 Å². The van der Waals surface area contributed by atoms with Gasteiger partial charge in [0.15, 0.2) is 5.82 Å². The first-order valence-electron chi connectivity index (χ1n) is 13.4. The molecule has 0 amide bonds. The number of esters is 1. The number of ether oxygens (including phenoxy) is 2. The first kappa shape index (κ1) is 27.5. The summed E-state index contributed by atoms with van der Waals surface area (Å²) in [6.45, 7) is 10.8. The highest BCUT2D eigenvalue weighted by Crippen LogP contribution is 2.38. The Labute approximate surface area is 232 Å². The largest absolute Gasteiger partial charge is 0.598 e. The molecule has 2 atom stereocenters. The number of benzene rings is 1. The topological polar surface area (TPSA) is 106 Å². The van der Waals surface area contributed by atoms with Gasteiger partial charge >= 0.3 is 5.97 Å². The summed E-state index contributed by atoms with van der Waals surface area (Å²) >= 11 is -1.21. The van der Waals surface area contributed by atoms with Crippen LogP contribution in [0.5, 0.6) is 5.75 Å². The van der Waals surface area contributed by atoms with Gasteiger partial charge in [-0.05, 0) is 83.7 Å². The van der Waals surface area contributed by atoms with Crippen LogP contribution in [-0.4, -0.2) is 48.1 Å². The third kappa shape index (κ3) is 5.37. The number of fused-ring (bicyclic) bond motifs is 2. The van der Waals surface area contributed by atoms with Crippen molar-refractivity contribution in [2.75, 3.05) is 13.7 Å².